The molecule has 0 bridgehead atoms. The Morgan fingerprint density at radius 1 is 0.923 bits per heavy atom. The third kappa shape index (κ3) is 6.02. The molecule has 9 heteroatoms. The van der Waals surface area contributed by atoms with E-state index in [4.69, 9.17) is 13.9 Å². The molecule has 1 aliphatic carbocycles. The van der Waals surface area contributed by atoms with Crippen molar-refractivity contribution in [2.45, 2.75) is 51.0 Å². The van der Waals surface area contributed by atoms with Crippen LogP contribution in [0.2, 0.25) is 0 Å². The second-order valence-electron chi connectivity index (χ2n) is 10.3. The first-order valence-electron chi connectivity index (χ1n) is 13.6. The highest BCUT2D eigenvalue weighted by molar-refractivity contribution is 6.03. The van der Waals surface area contributed by atoms with Crippen molar-refractivity contribution in [1.82, 2.24) is 5.32 Å². The standard InChI is InChI=1S/C30H35N3O6/c1-37-23-16-25(38-2)28-24(34)18-27(39-26(28)17-23)30(36)32-20-8-10-22(11-9-20)33-14-12-21(13-15-33)31-29(35)19-6-4-3-5-7-19/h8-11,16-19,21H,3-7,12-15H2,1-2H3,(H,31,35)(H,32,36). The van der Waals surface area contributed by atoms with Gasteiger partial charge in [0.25, 0.3) is 5.91 Å². The molecule has 1 saturated heterocycles. The second kappa shape index (κ2) is 11.8. The van der Waals surface area contributed by atoms with E-state index < -0.39 is 5.91 Å². The van der Waals surface area contributed by atoms with Crippen LogP contribution in [0.1, 0.15) is 55.5 Å². The fraction of sp³-hybridized carbons (Fsp3) is 0.433. The molecule has 0 unspecified atom stereocenters. The number of piperidine rings is 1. The summed E-state index contributed by atoms with van der Waals surface area (Å²) in [6, 6.07) is 12.1. The summed E-state index contributed by atoms with van der Waals surface area (Å²) in [5.41, 5.74) is 1.47. The molecule has 1 saturated carbocycles. The Bertz CT molecular complexity index is 1390. The van der Waals surface area contributed by atoms with E-state index in [1.807, 2.05) is 24.3 Å². The highest BCUT2D eigenvalue weighted by Crippen LogP contribution is 2.30. The summed E-state index contributed by atoms with van der Waals surface area (Å²) in [6.07, 6.45) is 7.42. The quantitative estimate of drug-likeness (QED) is 0.452. The van der Waals surface area contributed by atoms with Crippen molar-refractivity contribution in [3.05, 3.63) is 58.4 Å². The van der Waals surface area contributed by atoms with E-state index in [0.29, 0.717) is 17.2 Å². The number of methoxy groups -OCH3 is 2. The lowest BCUT2D eigenvalue weighted by Gasteiger charge is -2.35. The molecule has 0 spiro atoms. The van der Waals surface area contributed by atoms with Gasteiger partial charge in [0.2, 0.25) is 5.91 Å². The Kier molecular flexibility index (Phi) is 8.05. The minimum Gasteiger partial charge on any atom is -0.496 e. The van der Waals surface area contributed by atoms with Crippen LogP contribution in [0.25, 0.3) is 11.0 Å². The van der Waals surface area contributed by atoms with Crippen molar-refractivity contribution < 1.29 is 23.5 Å². The molecule has 2 amide bonds. The summed E-state index contributed by atoms with van der Waals surface area (Å²) < 4.78 is 16.3. The first kappa shape index (κ1) is 26.6. The van der Waals surface area contributed by atoms with Crippen molar-refractivity contribution >= 4 is 34.2 Å². The molecule has 9 nitrogen and oxygen atoms in total. The lowest BCUT2D eigenvalue weighted by Crippen LogP contribution is -2.46. The molecule has 2 aromatic carbocycles. The van der Waals surface area contributed by atoms with Gasteiger partial charge >= 0.3 is 0 Å². The molecule has 0 atom stereocenters. The fourth-order valence-electron chi connectivity index (χ4n) is 5.53. The minimum atomic E-state index is -0.530. The van der Waals surface area contributed by atoms with Gasteiger partial charge in [-0.2, -0.15) is 0 Å². The van der Waals surface area contributed by atoms with Crippen molar-refractivity contribution in [3.8, 4) is 11.5 Å². The van der Waals surface area contributed by atoms with E-state index in [1.54, 1.807) is 12.1 Å². The third-order valence-electron chi connectivity index (χ3n) is 7.76. The van der Waals surface area contributed by atoms with Crippen molar-refractivity contribution in [2.75, 3.05) is 37.5 Å². The van der Waals surface area contributed by atoms with E-state index >= 15 is 0 Å². The number of nitrogens with zero attached hydrogens (tertiary/aromatic N) is 1. The molecule has 206 valence electrons. The molecule has 3 aromatic rings. The van der Waals surface area contributed by atoms with Crippen molar-refractivity contribution in [1.29, 1.82) is 0 Å². The molecule has 2 fully saturated rings. The Morgan fingerprint density at radius 2 is 1.64 bits per heavy atom. The van der Waals surface area contributed by atoms with E-state index in [1.165, 1.54) is 20.6 Å². The average Bonchev–Trinajstić information content (AvgIpc) is 2.97. The first-order valence-corrected chi connectivity index (χ1v) is 13.6. The molecule has 0 radical (unpaired) electrons. The smallest absolute Gasteiger partial charge is 0.291 e. The summed E-state index contributed by atoms with van der Waals surface area (Å²) in [5, 5.41) is 6.32. The van der Waals surface area contributed by atoms with Crippen LogP contribution in [0.3, 0.4) is 0 Å². The summed E-state index contributed by atoms with van der Waals surface area (Å²) in [7, 11) is 2.95. The Morgan fingerprint density at radius 3 is 2.31 bits per heavy atom. The van der Waals surface area contributed by atoms with Gasteiger partial charge in [0.1, 0.15) is 22.5 Å². The Hall–Kier alpha value is -4.01. The average molecular weight is 534 g/mol. The minimum absolute atomic E-state index is 0.107. The molecule has 1 aliphatic heterocycles. The molecule has 2 aliphatic rings. The molecular formula is C30H35N3O6. The van der Waals surface area contributed by atoms with Gasteiger partial charge in [-0.1, -0.05) is 19.3 Å². The van der Waals surface area contributed by atoms with Crippen LogP contribution in [0.4, 0.5) is 11.4 Å². The molecule has 1 aromatic heterocycles. The van der Waals surface area contributed by atoms with Gasteiger partial charge < -0.3 is 29.4 Å². The van der Waals surface area contributed by atoms with E-state index in [-0.39, 0.29) is 40.0 Å². The van der Waals surface area contributed by atoms with Crippen molar-refractivity contribution in [2.24, 2.45) is 5.92 Å². The number of ether oxygens (including phenoxy) is 2. The van der Waals surface area contributed by atoms with Gasteiger partial charge in [-0.3, -0.25) is 14.4 Å². The highest BCUT2D eigenvalue weighted by Gasteiger charge is 2.26. The number of hydrogen-bond donors (Lipinski definition) is 2. The van der Waals surface area contributed by atoms with Gasteiger partial charge in [0.15, 0.2) is 11.2 Å². The summed E-state index contributed by atoms with van der Waals surface area (Å²) >= 11 is 0. The highest BCUT2D eigenvalue weighted by atomic mass is 16.5. The maximum Gasteiger partial charge on any atom is 0.291 e. The van der Waals surface area contributed by atoms with Crippen molar-refractivity contribution in [3.63, 3.8) is 0 Å². The van der Waals surface area contributed by atoms with Crippen LogP contribution in [-0.4, -0.2) is 45.2 Å². The van der Waals surface area contributed by atoms with Crippen LogP contribution in [-0.2, 0) is 4.79 Å². The van der Waals surface area contributed by atoms with E-state index in [0.717, 1.165) is 63.4 Å². The maximum absolute atomic E-state index is 12.9. The number of amides is 2. The lowest BCUT2D eigenvalue weighted by atomic mass is 9.88. The van der Waals surface area contributed by atoms with Gasteiger partial charge in [0.05, 0.1) is 14.2 Å². The first-order chi connectivity index (χ1) is 18.9. The van der Waals surface area contributed by atoms with Gasteiger partial charge in [0, 0.05) is 54.6 Å². The number of nitrogens with one attached hydrogen (secondary N) is 2. The molecule has 2 heterocycles. The monoisotopic (exact) mass is 533 g/mol. The van der Waals surface area contributed by atoms with Crippen LogP contribution >= 0.6 is 0 Å². The Balaban J connectivity index is 1.19. The lowest BCUT2D eigenvalue weighted by molar-refractivity contribution is -0.126. The van der Waals surface area contributed by atoms with Gasteiger partial charge in [-0.15, -0.1) is 0 Å². The van der Waals surface area contributed by atoms with Crippen LogP contribution < -0.4 is 30.4 Å². The zero-order valence-corrected chi connectivity index (χ0v) is 22.5. The van der Waals surface area contributed by atoms with Crippen LogP contribution in [0.15, 0.2) is 51.7 Å². The van der Waals surface area contributed by atoms with E-state index in [9.17, 15) is 14.4 Å². The number of benzene rings is 2. The van der Waals surface area contributed by atoms with Gasteiger partial charge in [-0.25, -0.2) is 0 Å². The normalized spacial score (nSPS) is 16.6. The van der Waals surface area contributed by atoms with Crippen LogP contribution in [0, 0.1) is 5.92 Å². The third-order valence-corrected chi connectivity index (χ3v) is 7.76. The zero-order chi connectivity index (χ0) is 27.4. The van der Waals surface area contributed by atoms with E-state index in [2.05, 4.69) is 15.5 Å². The largest absolute Gasteiger partial charge is 0.496 e. The molecule has 5 rings (SSSR count). The number of rotatable bonds is 7. The molecule has 39 heavy (non-hydrogen) atoms. The Labute approximate surface area is 227 Å². The summed E-state index contributed by atoms with van der Waals surface area (Å²) in [4.78, 5) is 40.5. The van der Waals surface area contributed by atoms with Crippen LogP contribution in [0.5, 0.6) is 11.5 Å². The number of hydrogen-bond acceptors (Lipinski definition) is 7. The number of carbonyl (C=O) groups is 2. The maximum atomic E-state index is 12.9. The molecular weight excluding hydrogens is 498 g/mol. The number of carbonyl (C=O) groups excluding carboxylic acids is 2. The number of fused-ring (bicyclic) bond motifs is 1. The number of anilines is 2. The zero-order valence-electron chi connectivity index (χ0n) is 22.5. The predicted octanol–water partition coefficient (Wildman–Crippen LogP) is 4.73. The molecule has 2 N–H and O–H groups in total. The second-order valence-corrected chi connectivity index (χ2v) is 10.3. The fourth-order valence-corrected chi connectivity index (χ4v) is 5.53. The topological polar surface area (TPSA) is 110 Å². The SMILES string of the molecule is COc1cc(OC)c2c(=O)cc(C(=O)Nc3ccc(N4CCC(NC(=O)C5CCCCC5)CC4)cc3)oc2c1. The summed E-state index contributed by atoms with van der Waals surface area (Å²) in [6.45, 7) is 1.72. The predicted molar refractivity (Wildman–Crippen MR) is 150 cm³/mol. The summed E-state index contributed by atoms with van der Waals surface area (Å²) in [5.74, 6) is 0.548. The van der Waals surface area contributed by atoms with Gasteiger partial charge in [-0.05, 0) is 49.9 Å².